The number of hydrogen-bond acceptors (Lipinski definition) is 3. The number of pyridine rings is 1. The number of hydrogen-bond donors (Lipinski definition) is 3. The summed E-state index contributed by atoms with van der Waals surface area (Å²) in [6.07, 6.45) is 1.62. The van der Waals surface area contributed by atoms with Crippen LogP contribution in [0.2, 0.25) is 0 Å². The molecule has 1 atom stereocenters. The molecular formula is C11H14N2O4. The third-order valence-corrected chi connectivity index (χ3v) is 2.63. The summed E-state index contributed by atoms with van der Waals surface area (Å²) >= 11 is 0. The first-order valence-corrected chi connectivity index (χ1v) is 5.14. The van der Waals surface area contributed by atoms with E-state index in [0.717, 1.165) is 0 Å². The van der Waals surface area contributed by atoms with Gasteiger partial charge in [-0.15, -0.1) is 0 Å². The van der Waals surface area contributed by atoms with Crippen LogP contribution in [-0.4, -0.2) is 27.5 Å². The molecule has 6 heteroatoms. The van der Waals surface area contributed by atoms with Crippen molar-refractivity contribution in [3.8, 4) is 0 Å². The molecule has 0 aliphatic carbocycles. The van der Waals surface area contributed by atoms with Crippen LogP contribution >= 0.6 is 0 Å². The van der Waals surface area contributed by atoms with Crippen molar-refractivity contribution in [2.45, 2.75) is 25.8 Å². The summed E-state index contributed by atoms with van der Waals surface area (Å²) in [4.78, 5) is 36.4. The van der Waals surface area contributed by atoms with Crippen molar-refractivity contribution in [1.82, 2.24) is 10.3 Å². The second kappa shape index (κ2) is 4.82. The highest BCUT2D eigenvalue weighted by atomic mass is 16.4. The molecule has 6 nitrogen and oxygen atoms in total. The molecule has 17 heavy (non-hydrogen) atoms. The van der Waals surface area contributed by atoms with Crippen molar-refractivity contribution in [2.75, 3.05) is 0 Å². The molecule has 0 spiro atoms. The monoisotopic (exact) mass is 238 g/mol. The number of aromatic nitrogens is 1. The first-order chi connectivity index (χ1) is 7.90. The lowest BCUT2D eigenvalue weighted by Crippen LogP contribution is -2.52. The summed E-state index contributed by atoms with van der Waals surface area (Å²) in [6.45, 7) is 3.04. The van der Waals surface area contributed by atoms with Crippen molar-refractivity contribution in [3.63, 3.8) is 0 Å². The smallest absolute Gasteiger partial charge is 0.329 e. The number of H-pyrrole nitrogens is 1. The quantitative estimate of drug-likeness (QED) is 0.705. The van der Waals surface area contributed by atoms with Gasteiger partial charge in [-0.05, 0) is 25.5 Å². The van der Waals surface area contributed by atoms with Crippen LogP contribution in [-0.2, 0) is 4.79 Å². The Morgan fingerprint density at radius 2 is 2.18 bits per heavy atom. The minimum absolute atomic E-state index is 0.103. The first-order valence-electron chi connectivity index (χ1n) is 5.14. The number of amides is 1. The van der Waals surface area contributed by atoms with Crippen LogP contribution in [0.25, 0.3) is 0 Å². The zero-order valence-electron chi connectivity index (χ0n) is 9.61. The minimum atomic E-state index is -1.38. The molecule has 0 saturated carbocycles. The third kappa shape index (κ3) is 2.72. The number of rotatable bonds is 4. The summed E-state index contributed by atoms with van der Waals surface area (Å²) in [5.41, 5.74) is -2.03. The molecule has 0 aliphatic rings. The third-order valence-electron chi connectivity index (χ3n) is 2.63. The van der Waals surface area contributed by atoms with Crippen LogP contribution in [0, 0.1) is 0 Å². The fraction of sp³-hybridized carbons (Fsp3) is 0.364. The number of carboxylic acids is 1. The van der Waals surface area contributed by atoms with Gasteiger partial charge in [0.15, 0.2) is 0 Å². The lowest BCUT2D eigenvalue weighted by Gasteiger charge is -2.24. The molecule has 1 unspecified atom stereocenters. The van der Waals surface area contributed by atoms with Gasteiger partial charge in [-0.25, -0.2) is 4.79 Å². The van der Waals surface area contributed by atoms with Gasteiger partial charge in [0.2, 0.25) is 0 Å². The molecule has 1 amide bonds. The molecule has 0 radical (unpaired) electrons. The SMILES string of the molecule is CCC(C)(NC(=O)c1ccc[nH]c1=O)C(=O)O. The Balaban J connectivity index is 2.98. The fourth-order valence-corrected chi connectivity index (χ4v) is 1.21. The van der Waals surface area contributed by atoms with Gasteiger partial charge >= 0.3 is 5.97 Å². The van der Waals surface area contributed by atoms with Crippen LogP contribution < -0.4 is 10.9 Å². The summed E-state index contributed by atoms with van der Waals surface area (Å²) in [5, 5.41) is 11.3. The van der Waals surface area contributed by atoms with Crippen LogP contribution in [0.1, 0.15) is 30.6 Å². The highest BCUT2D eigenvalue weighted by molar-refractivity contribution is 5.97. The lowest BCUT2D eigenvalue weighted by molar-refractivity contribution is -0.143. The number of nitrogens with one attached hydrogen (secondary N) is 2. The van der Waals surface area contributed by atoms with Crippen LogP contribution in [0.4, 0.5) is 0 Å². The number of aromatic amines is 1. The molecule has 1 aromatic rings. The van der Waals surface area contributed by atoms with Gasteiger partial charge in [0.1, 0.15) is 11.1 Å². The zero-order chi connectivity index (χ0) is 13.1. The molecule has 1 aromatic heterocycles. The zero-order valence-corrected chi connectivity index (χ0v) is 9.61. The number of aliphatic carboxylic acids is 1. The van der Waals surface area contributed by atoms with Crippen LogP contribution in [0.3, 0.4) is 0 Å². The van der Waals surface area contributed by atoms with Crippen molar-refractivity contribution in [3.05, 3.63) is 34.2 Å². The first kappa shape index (κ1) is 13.0. The van der Waals surface area contributed by atoms with E-state index in [1.54, 1.807) is 6.92 Å². The van der Waals surface area contributed by atoms with Gasteiger partial charge < -0.3 is 15.4 Å². The highest BCUT2D eigenvalue weighted by Crippen LogP contribution is 2.09. The van der Waals surface area contributed by atoms with E-state index in [1.165, 1.54) is 25.3 Å². The maximum Gasteiger partial charge on any atom is 0.329 e. The summed E-state index contributed by atoms with van der Waals surface area (Å²) < 4.78 is 0. The molecule has 0 bridgehead atoms. The standard InChI is InChI=1S/C11H14N2O4/c1-3-11(2,10(16)17)13-9(15)7-5-4-6-12-8(7)14/h4-6H,3H2,1-2H3,(H,12,14)(H,13,15)(H,16,17). The average molecular weight is 238 g/mol. The van der Waals surface area contributed by atoms with E-state index in [-0.39, 0.29) is 12.0 Å². The van der Waals surface area contributed by atoms with E-state index in [9.17, 15) is 14.4 Å². The van der Waals surface area contributed by atoms with Gasteiger partial charge in [0.05, 0.1) is 0 Å². The summed E-state index contributed by atoms with van der Waals surface area (Å²) in [5.74, 6) is -1.83. The van der Waals surface area contributed by atoms with Gasteiger partial charge in [0, 0.05) is 6.20 Å². The van der Waals surface area contributed by atoms with Crippen molar-refractivity contribution in [1.29, 1.82) is 0 Å². The maximum absolute atomic E-state index is 11.8. The van der Waals surface area contributed by atoms with Crippen molar-refractivity contribution >= 4 is 11.9 Å². The number of carbonyl (C=O) groups is 2. The van der Waals surface area contributed by atoms with Gasteiger partial charge in [-0.1, -0.05) is 6.92 Å². The second-order valence-corrected chi connectivity index (χ2v) is 3.86. The predicted molar refractivity (Wildman–Crippen MR) is 60.9 cm³/mol. The second-order valence-electron chi connectivity index (χ2n) is 3.86. The Bertz CT molecular complexity index is 494. The minimum Gasteiger partial charge on any atom is -0.480 e. The van der Waals surface area contributed by atoms with Gasteiger partial charge in [0.25, 0.3) is 11.5 Å². The van der Waals surface area contributed by atoms with Crippen LogP contribution in [0.5, 0.6) is 0 Å². The van der Waals surface area contributed by atoms with Gasteiger partial charge in [-0.2, -0.15) is 0 Å². The molecule has 92 valence electrons. The van der Waals surface area contributed by atoms with E-state index < -0.39 is 23.0 Å². The fourth-order valence-electron chi connectivity index (χ4n) is 1.21. The van der Waals surface area contributed by atoms with Gasteiger partial charge in [-0.3, -0.25) is 9.59 Å². The summed E-state index contributed by atoms with van der Waals surface area (Å²) in [7, 11) is 0. The van der Waals surface area contributed by atoms with E-state index in [0.29, 0.717) is 0 Å². The Hall–Kier alpha value is -2.11. The van der Waals surface area contributed by atoms with E-state index in [1.807, 2.05) is 0 Å². The Kier molecular flexibility index (Phi) is 3.67. The number of carbonyl (C=O) groups excluding carboxylic acids is 1. The normalized spacial score (nSPS) is 13.8. The molecule has 0 saturated heterocycles. The van der Waals surface area contributed by atoms with Crippen molar-refractivity contribution in [2.24, 2.45) is 0 Å². The Labute approximate surface area is 97.7 Å². The van der Waals surface area contributed by atoms with E-state index >= 15 is 0 Å². The topological polar surface area (TPSA) is 99.3 Å². The molecule has 0 fully saturated rings. The highest BCUT2D eigenvalue weighted by Gasteiger charge is 2.33. The van der Waals surface area contributed by atoms with Crippen LogP contribution in [0.15, 0.2) is 23.1 Å². The maximum atomic E-state index is 11.8. The van der Waals surface area contributed by atoms with E-state index in [4.69, 9.17) is 5.11 Å². The Morgan fingerprint density at radius 1 is 1.53 bits per heavy atom. The Morgan fingerprint density at radius 3 is 2.65 bits per heavy atom. The molecule has 3 N–H and O–H groups in total. The van der Waals surface area contributed by atoms with E-state index in [2.05, 4.69) is 10.3 Å². The predicted octanol–water partition coefficient (Wildman–Crippen LogP) is 0.358. The molecule has 1 heterocycles. The summed E-state index contributed by atoms with van der Waals surface area (Å²) in [6, 6.07) is 2.84. The molecule has 0 aliphatic heterocycles. The average Bonchev–Trinajstić information content (AvgIpc) is 2.29. The van der Waals surface area contributed by atoms with Crippen molar-refractivity contribution < 1.29 is 14.7 Å². The molecule has 1 rings (SSSR count). The molecule has 0 aromatic carbocycles. The largest absolute Gasteiger partial charge is 0.480 e. The number of carboxylic acid groups (broad SMARTS) is 1. The molecular weight excluding hydrogens is 224 g/mol. The lowest BCUT2D eigenvalue weighted by atomic mass is 9.99.